The lowest BCUT2D eigenvalue weighted by molar-refractivity contribution is -0.126. The Morgan fingerprint density at radius 3 is 2.64 bits per heavy atom. The number of rotatable bonds is 8. The number of carbonyl (C=O) groups is 2. The summed E-state index contributed by atoms with van der Waals surface area (Å²) in [5.41, 5.74) is 1.88. The Morgan fingerprint density at radius 1 is 1.12 bits per heavy atom. The minimum atomic E-state index is -0.388. The molecule has 1 aromatic carbocycles. The fourth-order valence-corrected chi connectivity index (χ4v) is 2.81. The Bertz CT molecular complexity index is 640. The summed E-state index contributed by atoms with van der Waals surface area (Å²) in [6.45, 7) is 0.570. The van der Waals surface area contributed by atoms with Crippen molar-refractivity contribution in [2.24, 2.45) is 0 Å². The van der Waals surface area contributed by atoms with Crippen LogP contribution in [0.15, 0.2) is 29.8 Å². The molecule has 6 nitrogen and oxygen atoms in total. The zero-order valence-electron chi connectivity index (χ0n) is 14.9. The van der Waals surface area contributed by atoms with Gasteiger partial charge in [0.05, 0.1) is 19.9 Å². The quantitative estimate of drug-likeness (QED) is 0.560. The van der Waals surface area contributed by atoms with Crippen molar-refractivity contribution in [2.75, 3.05) is 26.1 Å². The van der Waals surface area contributed by atoms with Gasteiger partial charge in [-0.25, -0.2) is 0 Å². The Kier molecular flexibility index (Phi) is 7.32. The predicted molar refractivity (Wildman–Crippen MR) is 97.0 cm³/mol. The molecule has 0 spiro atoms. The molecular weight excluding hydrogens is 320 g/mol. The lowest BCUT2D eigenvalue weighted by atomic mass is 9.97. The average molecular weight is 346 g/mol. The summed E-state index contributed by atoms with van der Waals surface area (Å²) >= 11 is 0. The molecule has 6 heteroatoms. The van der Waals surface area contributed by atoms with Crippen molar-refractivity contribution in [1.29, 1.82) is 0 Å². The van der Waals surface area contributed by atoms with Gasteiger partial charge in [-0.3, -0.25) is 9.59 Å². The lowest BCUT2D eigenvalue weighted by Gasteiger charge is -2.13. The smallest absolute Gasteiger partial charge is 0.233 e. The number of hydrogen-bond acceptors (Lipinski definition) is 4. The third-order valence-electron chi connectivity index (χ3n) is 4.16. The number of anilines is 1. The molecule has 0 unspecified atom stereocenters. The van der Waals surface area contributed by atoms with Gasteiger partial charge in [0.1, 0.15) is 17.9 Å². The molecule has 1 aliphatic carbocycles. The van der Waals surface area contributed by atoms with E-state index >= 15 is 0 Å². The van der Waals surface area contributed by atoms with Gasteiger partial charge in [0, 0.05) is 12.6 Å². The summed E-state index contributed by atoms with van der Waals surface area (Å²) < 4.78 is 10.3. The van der Waals surface area contributed by atoms with Crippen LogP contribution in [0, 0.1) is 0 Å². The van der Waals surface area contributed by atoms with E-state index in [0.29, 0.717) is 23.7 Å². The predicted octanol–water partition coefficient (Wildman–Crippen LogP) is 3.04. The molecule has 0 fully saturated rings. The van der Waals surface area contributed by atoms with Crippen LogP contribution in [0.25, 0.3) is 0 Å². The molecule has 0 atom stereocenters. The number of nitrogens with one attached hydrogen (secondary N) is 2. The number of ether oxygens (including phenoxy) is 2. The Balaban J connectivity index is 1.79. The Labute approximate surface area is 148 Å². The van der Waals surface area contributed by atoms with Crippen LogP contribution in [-0.4, -0.2) is 32.6 Å². The summed E-state index contributed by atoms with van der Waals surface area (Å²) in [6, 6.07) is 5.09. The standard InChI is InChI=1S/C19H26N2O4/c1-24-15-8-9-17(25-2)16(12-15)21-19(23)13-18(22)20-11-10-14-6-4-3-5-7-14/h6,8-9,12H,3-5,7,10-11,13H2,1-2H3,(H,20,22)(H,21,23). The van der Waals surface area contributed by atoms with Crippen molar-refractivity contribution in [2.45, 2.75) is 38.5 Å². The molecule has 0 heterocycles. The summed E-state index contributed by atoms with van der Waals surface area (Å²) in [5, 5.41) is 5.49. The maximum atomic E-state index is 12.1. The van der Waals surface area contributed by atoms with Crippen molar-refractivity contribution >= 4 is 17.5 Å². The summed E-state index contributed by atoms with van der Waals surface area (Å²) in [5.74, 6) is 0.441. The molecule has 0 radical (unpaired) electrons. The van der Waals surface area contributed by atoms with Crippen LogP contribution >= 0.6 is 0 Å². The highest BCUT2D eigenvalue weighted by molar-refractivity contribution is 6.04. The molecule has 136 valence electrons. The average Bonchev–Trinajstić information content (AvgIpc) is 2.62. The van der Waals surface area contributed by atoms with E-state index < -0.39 is 0 Å². The maximum Gasteiger partial charge on any atom is 0.233 e. The van der Waals surface area contributed by atoms with Gasteiger partial charge in [0.15, 0.2) is 0 Å². The molecule has 2 amide bonds. The molecule has 2 rings (SSSR count). The third-order valence-corrected chi connectivity index (χ3v) is 4.16. The minimum absolute atomic E-state index is 0.223. The van der Waals surface area contributed by atoms with Crippen molar-refractivity contribution in [3.8, 4) is 11.5 Å². The molecule has 0 saturated heterocycles. The first-order valence-electron chi connectivity index (χ1n) is 8.59. The van der Waals surface area contributed by atoms with Crippen LogP contribution in [0.2, 0.25) is 0 Å². The maximum absolute atomic E-state index is 12.1. The zero-order chi connectivity index (χ0) is 18.1. The normalized spacial score (nSPS) is 13.6. The second-order valence-corrected chi connectivity index (χ2v) is 6.00. The molecule has 0 aliphatic heterocycles. The van der Waals surface area contributed by atoms with Crippen LogP contribution in [0.5, 0.6) is 11.5 Å². The molecule has 0 aromatic heterocycles. The lowest BCUT2D eigenvalue weighted by Crippen LogP contribution is -2.29. The van der Waals surface area contributed by atoms with Gasteiger partial charge >= 0.3 is 0 Å². The third kappa shape index (κ3) is 6.14. The summed E-state index contributed by atoms with van der Waals surface area (Å²) in [7, 11) is 3.06. The van der Waals surface area contributed by atoms with E-state index in [1.165, 1.54) is 25.5 Å². The zero-order valence-corrected chi connectivity index (χ0v) is 14.9. The van der Waals surface area contributed by atoms with E-state index in [1.807, 2.05) is 0 Å². The molecule has 0 bridgehead atoms. The summed E-state index contributed by atoms with van der Waals surface area (Å²) in [4.78, 5) is 24.0. The molecule has 0 saturated carbocycles. The Hall–Kier alpha value is -2.50. The number of methoxy groups -OCH3 is 2. The van der Waals surface area contributed by atoms with E-state index in [0.717, 1.165) is 19.3 Å². The van der Waals surface area contributed by atoms with E-state index in [9.17, 15) is 9.59 Å². The Morgan fingerprint density at radius 2 is 1.96 bits per heavy atom. The van der Waals surface area contributed by atoms with Crippen LogP contribution in [0.4, 0.5) is 5.69 Å². The van der Waals surface area contributed by atoms with Gasteiger partial charge in [-0.1, -0.05) is 11.6 Å². The monoisotopic (exact) mass is 346 g/mol. The highest BCUT2D eigenvalue weighted by atomic mass is 16.5. The SMILES string of the molecule is COc1ccc(OC)c(NC(=O)CC(=O)NCCC2=CCCCC2)c1. The van der Waals surface area contributed by atoms with Crippen molar-refractivity contribution < 1.29 is 19.1 Å². The highest BCUT2D eigenvalue weighted by Crippen LogP contribution is 2.28. The molecule has 1 aliphatic rings. The number of carbonyl (C=O) groups excluding carboxylic acids is 2. The topological polar surface area (TPSA) is 76.7 Å². The molecular formula is C19H26N2O4. The number of hydrogen-bond donors (Lipinski definition) is 2. The largest absolute Gasteiger partial charge is 0.497 e. The minimum Gasteiger partial charge on any atom is -0.497 e. The first kappa shape index (κ1) is 18.8. The van der Waals surface area contributed by atoms with Gasteiger partial charge in [-0.2, -0.15) is 0 Å². The molecule has 2 N–H and O–H groups in total. The number of benzene rings is 1. The highest BCUT2D eigenvalue weighted by Gasteiger charge is 2.13. The van der Waals surface area contributed by atoms with Crippen LogP contribution in [0.3, 0.4) is 0 Å². The van der Waals surface area contributed by atoms with Crippen LogP contribution in [0.1, 0.15) is 38.5 Å². The summed E-state index contributed by atoms with van der Waals surface area (Å²) in [6.07, 6.45) is 7.63. The van der Waals surface area contributed by atoms with Gasteiger partial charge in [-0.05, 0) is 44.2 Å². The van der Waals surface area contributed by atoms with Crippen LogP contribution < -0.4 is 20.1 Å². The van der Waals surface area contributed by atoms with E-state index in [-0.39, 0.29) is 18.2 Å². The second-order valence-electron chi connectivity index (χ2n) is 6.00. The van der Waals surface area contributed by atoms with Gasteiger partial charge < -0.3 is 20.1 Å². The first-order chi connectivity index (χ1) is 12.1. The van der Waals surface area contributed by atoms with Crippen molar-refractivity contribution in [3.05, 3.63) is 29.8 Å². The van der Waals surface area contributed by atoms with Gasteiger partial charge in [-0.15, -0.1) is 0 Å². The molecule has 25 heavy (non-hydrogen) atoms. The van der Waals surface area contributed by atoms with E-state index in [4.69, 9.17) is 9.47 Å². The number of amides is 2. The fraction of sp³-hybridized carbons (Fsp3) is 0.474. The fourth-order valence-electron chi connectivity index (χ4n) is 2.81. The number of allylic oxidation sites excluding steroid dienone is 1. The molecule has 1 aromatic rings. The van der Waals surface area contributed by atoms with E-state index in [2.05, 4.69) is 16.7 Å². The van der Waals surface area contributed by atoms with Crippen LogP contribution in [-0.2, 0) is 9.59 Å². The first-order valence-corrected chi connectivity index (χ1v) is 8.59. The van der Waals surface area contributed by atoms with Crippen molar-refractivity contribution in [3.63, 3.8) is 0 Å². The van der Waals surface area contributed by atoms with Gasteiger partial charge in [0.25, 0.3) is 0 Å². The second kappa shape index (κ2) is 9.71. The van der Waals surface area contributed by atoms with Gasteiger partial charge in [0.2, 0.25) is 11.8 Å². The van der Waals surface area contributed by atoms with E-state index in [1.54, 1.807) is 25.3 Å². The van der Waals surface area contributed by atoms with Crippen molar-refractivity contribution in [1.82, 2.24) is 5.32 Å².